The Morgan fingerprint density at radius 2 is 1.65 bits per heavy atom. The molecule has 1 nitrogen and oxygen atoms in total. The van der Waals surface area contributed by atoms with Crippen LogP contribution in [0.1, 0.15) is 17.2 Å². The molecule has 0 heterocycles. The Morgan fingerprint density at radius 1 is 1.00 bits per heavy atom. The minimum atomic E-state index is -0.243. The van der Waals surface area contributed by atoms with E-state index in [9.17, 15) is 0 Å². The van der Waals surface area contributed by atoms with Crippen molar-refractivity contribution in [3.05, 3.63) is 68.1 Å². The summed E-state index contributed by atoms with van der Waals surface area (Å²) in [5.74, 6) is 0. The van der Waals surface area contributed by atoms with Gasteiger partial charge in [0.1, 0.15) is 0 Å². The fourth-order valence-corrected chi connectivity index (χ4v) is 2.39. The maximum atomic E-state index is 6.17. The van der Waals surface area contributed by atoms with E-state index in [-0.39, 0.29) is 6.04 Å². The highest BCUT2D eigenvalue weighted by atomic mass is 79.9. The Labute approximate surface area is 119 Å². The van der Waals surface area contributed by atoms with E-state index < -0.39 is 0 Å². The highest BCUT2D eigenvalue weighted by Crippen LogP contribution is 2.29. The van der Waals surface area contributed by atoms with Crippen molar-refractivity contribution in [3.8, 4) is 0 Å². The first kappa shape index (κ1) is 12.9. The zero-order chi connectivity index (χ0) is 12.4. The van der Waals surface area contributed by atoms with Gasteiger partial charge in [0.05, 0.1) is 6.04 Å². The Hall–Kier alpha value is -0.540. The molecule has 0 bridgehead atoms. The van der Waals surface area contributed by atoms with Crippen LogP contribution in [0.15, 0.2) is 46.9 Å². The summed E-state index contributed by atoms with van der Waals surface area (Å²) >= 11 is 15.4. The average molecular weight is 331 g/mol. The summed E-state index contributed by atoms with van der Waals surface area (Å²) in [6.07, 6.45) is 0. The lowest BCUT2D eigenvalue weighted by Gasteiger charge is -2.14. The molecule has 2 aromatic carbocycles. The van der Waals surface area contributed by atoms with Gasteiger partial charge in [-0.05, 0) is 35.4 Å². The first-order valence-corrected chi connectivity index (χ1v) is 6.59. The van der Waals surface area contributed by atoms with Crippen LogP contribution < -0.4 is 5.73 Å². The SMILES string of the molecule is NC(c1ccc(Br)cc1)c1ccc(Cl)cc1Cl. The van der Waals surface area contributed by atoms with Crippen LogP contribution >= 0.6 is 39.1 Å². The van der Waals surface area contributed by atoms with Crippen molar-refractivity contribution in [1.29, 1.82) is 0 Å². The van der Waals surface area contributed by atoms with Gasteiger partial charge < -0.3 is 5.73 Å². The molecule has 17 heavy (non-hydrogen) atoms. The summed E-state index contributed by atoms with van der Waals surface area (Å²) in [5, 5.41) is 1.20. The summed E-state index contributed by atoms with van der Waals surface area (Å²) in [6.45, 7) is 0. The summed E-state index contributed by atoms with van der Waals surface area (Å²) in [4.78, 5) is 0. The lowest BCUT2D eigenvalue weighted by molar-refractivity contribution is 0.871. The third-order valence-corrected chi connectivity index (χ3v) is 3.62. The van der Waals surface area contributed by atoms with Crippen molar-refractivity contribution >= 4 is 39.1 Å². The minimum Gasteiger partial charge on any atom is -0.320 e. The molecule has 2 rings (SSSR count). The van der Waals surface area contributed by atoms with E-state index >= 15 is 0 Å². The van der Waals surface area contributed by atoms with E-state index in [0.717, 1.165) is 15.6 Å². The van der Waals surface area contributed by atoms with Gasteiger partial charge in [0.15, 0.2) is 0 Å². The van der Waals surface area contributed by atoms with Gasteiger partial charge in [-0.3, -0.25) is 0 Å². The molecule has 1 unspecified atom stereocenters. The molecule has 2 N–H and O–H groups in total. The van der Waals surface area contributed by atoms with Gasteiger partial charge in [0.25, 0.3) is 0 Å². The predicted octanol–water partition coefficient (Wildman–Crippen LogP) is 4.80. The summed E-state index contributed by atoms with van der Waals surface area (Å²) in [5.41, 5.74) is 8.06. The van der Waals surface area contributed by atoms with Crippen molar-refractivity contribution in [3.63, 3.8) is 0 Å². The first-order valence-electron chi connectivity index (χ1n) is 5.04. The molecule has 0 spiro atoms. The van der Waals surface area contributed by atoms with Crippen molar-refractivity contribution in [2.24, 2.45) is 5.73 Å². The van der Waals surface area contributed by atoms with E-state index in [2.05, 4.69) is 15.9 Å². The molecular formula is C13H10BrCl2N. The summed E-state index contributed by atoms with van der Waals surface area (Å²) in [7, 11) is 0. The van der Waals surface area contributed by atoms with Crippen LogP contribution in [-0.2, 0) is 0 Å². The van der Waals surface area contributed by atoms with Crippen molar-refractivity contribution < 1.29 is 0 Å². The minimum absolute atomic E-state index is 0.243. The van der Waals surface area contributed by atoms with E-state index in [0.29, 0.717) is 10.0 Å². The number of halogens is 3. The molecule has 0 fully saturated rings. The van der Waals surface area contributed by atoms with Crippen molar-refractivity contribution in [2.45, 2.75) is 6.04 Å². The maximum absolute atomic E-state index is 6.17. The molecule has 88 valence electrons. The van der Waals surface area contributed by atoms with E-state index in [1.807, 2.05) is 30.3 Å². The fourth-order valence-electron chi connectivity index (χ4n) is 1.60. The quantitative estimate of drug-likeness (QED) is 0.840. The normalized spacial score (nSPS) is 12.5. The molecule has 4 heteroatoms. The van der Waals surface area contributed by atoms with E-state index in [1.54, 1.807) is 12.1 Å². The topological polar surface area (TPSA) is 26.0 Å². The Bertz CT molecular complexity index is 525. The second kappa shape index (κ2) is 5.40. The monoisotopic (exact) mass is 329 g/mol. The highest BCUT2D eigenvalue weighted by molar-refractivity contribution is 9.10. The van der Waals surface area contributed by atoms with Crippen molar-refractivity contribution in [2.75, 3.05) is 0 Å². The summed E-state index contributed by atoms with van der Waals surface area (Å²) < 4.78 is 1.02. The molecule has 0 radical (unpaired) electrons. The van der Waals surface area contributed by atoms with Crippen LogP contribution in [0.4, 0.5) is 0 Å². The Balaban J connectivity index is 2.36. The molecule has 0 amide bonds. The number of hydrogen-bond donors (Lipinski definition) is 1. The Morgan fingerprint density at radius 3 is 2.24 bits per heavy atom. The smallest absolute Gasteiger partial charge is 0.0566 e. The molecular weight excluding hydrogens is 321 g/mol. The zero-order valence-corrected chi connectivity index (χ0v) is 11.9. The lowest BCUT2D eigenvalue weighted by Crippen LogP contribution is -2.12. The van der Waals surface area contributed by atoms with Crippen LogP contribution in [-0.4, -0.2) is 0 Å². The van der Waals surface area contributed by atoms with Crippen molar-refractivity contribution in [1.82, 2.24) is 0 Å². The standard InChI is InChI=1S/C13H10BrCl2N/c14-9-3-1-8(2-4-9)13(17)11-6-5-10(15)7-12(11)16/h1-7,13H,17H2. The van der Waals surface area contributed by atoms with E-state index in [4.69, 9.17) is 28.9 Å². The molecule has 0 aliphatic carbocycles. The third kappa shape index (κ3) is 3.02. The van der Waals surface area contributed by atoms with Crippen LogP contribution in [0, 0.1) is 0 Å². The van der Waals surface area contributed by atoms with Gasteiger partial charge in [-0.25, -0.2) is 0 Å². The molecule has 0 aliphatic rings. The maximum Gasteiger partial charge on any atom is 0.0566 e. The van der Waals surface area contributed by atoms with Gasteiger partial charge in [-0.2, -0.15) is 0 Å². The fraction of sp³-hybridized carbons (Fsp3) is 0.0769. The second-order valence-corrected chi connectivity index (χ2v) is 5.45. The third-order valence-electron chi connectivity index (χ3n) is 2.53. The van der Waals surface area contributed by atoms with Gasteiger partial charge in [-0.15, -0.1) is 0 Å². The number of benzene rings is 2. The van der Waals surface area contributed by atoms with Gasteiger partial charge >= 0.3 is 0 Å². The van der Waals surface area contributed by atoms with Crippen LogP contribution in [0.3, 0.4) is 0 Å². The predicted molar refractivity (Wildman–Crippen MR) is 76.6 cm³/mol. The second-order valence-electron chi connectivity index (χ2n) is 3.70. The van der Waals surface area contributed by atoms with Crippen LogP contribution in [0.5, 0.6) is 0 Å². The van der Waals surface area contributed by atoms with E-state index in [1.165, 1.54) is 0 Å². The number of nitrogens with two attached hydrogens (primary N) is 1. The molecule has 2 aromatic rings. The summed E-state index contributed by atoms with van der Waals surface area (Å²) in [6, 6.07) is 13.0. The lowest BCUT2D eigenvalue weighted by atomic mass is 10.00. The molecule has 1 atom stereocenters. The van der Waals surface area contributed by atoms with Gasteiger partial charge in [0.2, 0.25) is 0 Å². The molecule has 0 saturated heterocycles. The van der Waals surface area contributed by atoms with Gasteiger partial charge in [0, 0.05) is 14.5 Å². The molecule has 0 aromatic heterocycles. The zero-order valence-electron chi connectivity index (χ0n) is 8.83. The molecule has 0 aliphatic heterocycles. The van der Waals surface area contributed by atoms with Gasteiger partial charge in [-0.1, -0.05) is 57.3 Å². The van der Waals surface area contributed by atoms with Crippen LogP contribution in [0.25, 0.3) is 0 Å². The van der Waals surface area contributed by atoms with Crippen LogP contribution in [0.2, 0.25) is 10.0 Å². The number of hydrogen-bond acceptors (Lipinski definition) is 1. The number of rotatable bonds is 2. The Kier molecular flexibility index (Phi) is 4.10. The average Bonchev–Trinajstić information content (AvgIpc) is 2.29. The largest absolute Gasteiger partial charge is 0.320 e. The highest BCUT2D eigenvalue weighted by Gasteiger charge is 2.12. The first-order chi connectivity index (χ1) is 8.08. The molecule has 0 saturated carbocycles.